The zero-order chi connectivity index (χ0) is 19.0. The van der Waals surface area contributed by atoms with Crippen molar-refractivity contribution in [1.29, 1.82) is 0 Å². The number of fused-ring (bicyclic) bond motifs is 1. The first-order valence-electron chi connectivity index (χ1n) is 9.71. The fraction of sp³-hybridized carbons (Fsp3) is 0.550. The summed E-state index contributed by atoms with van der Waals surface area (Å²) in [6.07, 6.45) is 4.15. The van der Waals surface area contributed by atoms with E-state index in [0.717, 1.165) is 43.0 Å². The lowest BCUT2D eigenvalue weighted by molar-refractivity contribution is -0.121. The SMILES string of the molecule is Cc1cc(C(=O)N2CCCn3nc(CCC(=O)NC4CC4)cc3C2)c(C)o1. The van der Waals surface area contributed by atoms with Crippen LogP contribution in [0, 0.1) is 13.8 Å². The Balaban J connectivity index is 1.42. The number of nitrogens with zero attached hydrogens (tertiary/aromatic N) is 3. The fourth-order valence-corrected chi connectivity index (χ4v) is 3.60. The molecule has 0 spiro atoms. The van der Waals surface area contributed by atoms with Gasteiger partial charge in [0.1, 0.15) is 11.5 Å². The van der Waals surface area contributed by atoms with E-state index in [2.05, 4.69) is 10.4 Å². The summed E-state index contributed by atoms with van der Waals surface area (Å²) in [5.74, 6) is 1.52. The normalized spacial score (nSPS) is 16.7. The molecule has 1 fully saturated rings. The number of hydrogen-bond acceptors (Lipinski definition) is 4. The molecule has 7 nitrogen and oxygen atoms in total. The van der Waals surface area contributed by atoms with E-state index < -0.39 is 0 Å². The maximum absolute atomic E-state index is 12.9. The van der Waals surface area contributed by atoms with Crippen molar-refractivity contribution in [3.8, 4) is 0 Å². The predicted octanol–water partition coefficient (Wildman–Crippen LogP) is 2.35. The van der Waals surface area contributed by atoms with Gasteiger partial charge in [-0.05, 0) is 45.2 Å². The van der Waals surface area contributed by atoms with Crippen LogP contribution in [0.4, 0.5) is 0 Å². The Bertz CT molecular complexity index is 863. The molecule has 0 bridgehead atoms. The number of amides is 2. The zero-order valence-electron chi connectivity index (χ0n) is 16.0. The van der Waals surface area contributed by atoms with Crippen molar-refractivity contribution < 1.29 is 14.0 Å². The number of hydrogen-bond donors (Lipinski definition) is 1. The number of furan rings is 1. The summed E-state index contributed by atoms with van der Waals surface area (Å²) in [6.45, 7) is 5.70. The van der Waals surface area contributed by atoms with Gasteiger partial charge in [0, 0.05) is 32.0 Å². The van der Waals surface area contributed by atoms with Gasteiger partial charge in [0.25, 0.3) is 5.91 Å². The molecule has 0 unspecified atom stereocenters. The Morgan fingerprint density at radius 3 is 2.78 bits per heavy atom. The van der Waals surface area contributed by atoms with Crippen LogP contribution in [-0.2, 0) is 24.3 Å². The molecule has 2 aromatic rings. The van der Waals surface area contributed by atoms with Crippen LogP contribution in [0.2, 0.25) is 0 Å². The van der Waals surface area contributed by atoms with E-state index in [1.807, 2.05) is 35.6 Å². The molecule has 27 heavy (non-hydrogen) atoms. The Kier molecular flexibility index (Phi) is 4.76. The average molecular weight is 370 g/mol. The molecule has 0 saturated heterocycles. The summed E-state index contributed by atoms with van der Waals surface area (Å²) in [4.78, 5) is 26.7. The van der Waals surface area contributed by atoms with E-state index in [-0.39, 0.29) is 11.8 Å². The van der Waals surface area contributed by atoms with Crippen molar-refractivity contribution in [3.05, 3.63) is 40.6 Å². The summed E-state index contributed by atoms with van der Waals surface area (Å²) < 4.78 is 7.50. The van der Waals surface area contributed by atoms with Crippen LogP contribution in [0.25, 0.3) is 0 Å². The fourth-order valence-electron chi connectivity index (χ4n) is 3.60. The smallest absolute Gasteiger partial charge is 0.257 e. The molecule has 0 aromatic carbocycles. The summed E-state index contributed by atoms with van der Waals surface area (Å²) >= 11 is 0. The minimum Gasteiger partial charge on any atom is -0.466 e. The number of carbonyl (C=O) groups is 2. The Hall–Kier alpha value is -2.57. The van der Waals surface area contributed by atoms with E-state index in [9.17, 15) is 9.59 Å². The van der Waals surface area contributed by atoms with Crippen LogP contribution in [-0.4, -0.2) is 39.1 Å². The van der Waals surface area contributed by atoms with Crippen molar-refractivity contribution in [2.45, 2.75) is 65.1 Å². The van der Waals surface area contributed by atoms with E-state index in [1.165, 1.54) is 0 Å². The Morgan fingerprint density at radius 1 is 1.26 bits per heavy atom. The van der Waals surface area contributed by atoms with Gasteiger partial charge in [-0.25, -0.2) is 0 Å². The number of nitrogens with one attached hydrogen (secondary N) is 1. The van der Waals surface area contributed by atoms with Crippen LogP contribution in [0.5, 0.6) is 0 Å². The summed E-state index contributed by atoms with van der Waals surface area (Å²) in [5.41, 5.74) is 2.58. The van der Waals surface area contributed by atoms with Crippen LogP contribution in [0.15, 0.2) is 16.5 Å². The molecule has 4 rings (SSSR count). The van der Waals surface area contributed by atoms with Crippen LogP contribution in [0.1, 0.15) is 58.9 Å². The molecule has 1 aliphatic heterocycles. The highest BCUT2D eigenvalue weighted by atomic mass is 16.3. The molecule has 1 aliphatic carbocycles. The quantitative estimate of drug-likeness (QED) is 0.876. The molecular formula is C20H26N4O3. The first-order chi connectivity index (χ1) is 13.0. The first kappa shape index (κ1) is 17.8. The number of carbonyl (C=O) groups excluding carboxylic acids is 2. The standard InChI is InChI=1S/C20H26N4O3/c1-13-10-18(14(2)27-13)20(26)23-8-3-9-24-17(12-23)11-16(22-24)6-7-19(25)21-15-4-5-15/h10-11,15H,3-9,12H2,1-2H3,(H,21,25). The van der Waals surface area contributed by atoms with Gasteiger partial charge in [-0.2, -0.15) is 5.10 Å². The summed E-state index contributed by atoms with van der Waals surface area (Å²) in [6, 6.07) is 4.23. The number of aromatic nitrogens is 2. The Morgan fingerprint density at radius 2 is 2.07 bits per heavy atom. The van der Waals surface area contributed by atoms with Crippen LogP contribution >= 0.6 is 0 Å². The molecule has 144 valence electrons. The van der Waals surface area contributed by atoms with Gasteiger partial charge in [-0.3, -0.25) is 14.3 Å². The molecule has 0 radical (unpaired) electrons. The van der Waals surface area contributed by atoms with Crippen molar-refractivity contribution >= 4 is 11.8 Å². The van der Waals surface area contributed by atoms with Gasteiger partial charge in [-0.1, -0.05) is 0 Å². The van der Waals surface area contributed by atoms with E-state index in [0.29, 0.717) is 43.3 Å². The highest BCUT2D eigenvalue weighted by molar-refractivity contribution is 5.95. The van der Waals surface area contributed by atoms with Gasteiger partial charge in [0.2, 0.25) is 5.91 Å². The summed E-state index contributed by atoms with van der Waals surface area (Å²) in [7, 11) is 0. The first-order valence-corrected chi connectivity index (χ1v) is 9.71. The highest BCUT2D eigenvalue weighted by Crippen LogP contribution is 2.21. The molecule has 7 heteroatoms. The Labute approximate surface area is 158 Å². The van der Waals surface area contributed by atoms with Crippen molar-refractivity contribution in [2.75, 3.05) is 6.54 Å². The van der Waals surface area contributed by atoms with E-state index >= 15 is 0 Å². The summed E-state index contributed by atoms with van der Waals surface area (Å²) in [5, 5.41) is 7.65. The molecule has 2 aromatic heterocycles. The van der Waals surface area contributed by atoms with E-state index in [1.54, 1.807) is 0 Å². The van der Waals surface area contributed by atoms with Gasteiger partial charge < -0.3 is 14.6 Å². The minimum atomic E-state index is 0.00404. The lowest BCUT2D eigenvalue weighted by Crippen LogP contribution is -2.30. The molecule has 3 heterocycles. The highest BCUT2D eigenvalue weighted by Gasteiger charge is 2.25. The third-order valence-corrected chi connectivity index (χ3v) is 5.17. The maximum Gasteiger partial charge on any atom is 0.257 e. The van der Waals surface area contributed by atoms with Gasteiger partial charge >= 0.3 is 0 Å². The molecule has 1 saturated carbocycles. The number of rotatable bonds is 5. The maximum atomic E-state index is 12.9. The third-order valence-electron chi connectivity index (χ3n) is 5.17. The second-order valence-corrected chi connectivity index (χ2v) is 7.60. The third kappa shape index (κ3) is 4.07. The second-order valence-electron chi connectivity index (χ2n) is 7.60. The van der Waals surface area contributed by atoms with Crippen LogP contribution in [0.3, 0.4) is 0 Å². The zero-order valence-corrected chi connectivity index (χ0v) is 16.0. The monoisotopic (exact) mass is 370 g/mol. The number of aryl methyl sites for hydroxylation is 4. The second kappa shape index (κ2) is 7.21. The van der Waals surface area contributed by atoms with Crippen molar-refractivity contribution in [3.63, 3.8) is 0 Å². The predicted molar refractivity (Wildman–Crippen MR) is 99.3 cm³/mol. The lowest BCUT2D eigenvalue weighted by atomic mass is 10.2. The van der Waals surface area contributed by atoms with Gasteiger partial charge in [-0.15, -0.1) is 0 Å². The van der Waals surface area contributed by atoms with Gasteiger partial charge in [0.15, 0.2) is 0 Å². The minimum absolute atomic E-state index is 0.00404. The van der Waals surface area contributed by atoms with Gasteiger partial charge in [0.05, 0.1) is 23.5 Å². The topological polar surface area (TPSA) is 80.4 Å². The molecule has 2 amide bonds. The molecule has 0 atom stereocenters. The van der Waals surface area contributed by atoms with Crippen molar-refractivity contribution in [1.82, 2.24) is 20.0 Å². The molecular weight excluding hydrogens is 344 g/mol. The molecule has 2 aliphatic rings. The van der Waals surface area contributed by atoms with Crippen LogP contribution < -0.4 is 5.32 Å². The molecule has 1 N–H and O–H groups in total. The average Bonchev–Trinajstić information content (AvgIpc) is 3.31. The lowest BCUT2D eigenvalue weighted by Gasteiger charge is -2.19. The van der Waals surface area contributed by atoms with E-state index in [4.69, 9.17) is 4.42 Å². The largest absolute Gasteiger partial charge is 0.466 e. The van der Waals surface area contributed by atoms with Crippen molar-refractivity contribution in [2.24, 2.45) is 0 Å².